The van der Waals surface area contributed by atoms with Gasteiger partial charge in [0.2, 0.25) is 0 Å². The lowest BCUT2D eigenvalue weighted by molar-refractivity contribution is 0.112. The molecule has 5 heteroatoms. The molecule has 0 radical (unpaired) electrons. The van der Waals surface area contributed by atoms with Crippen LogP contribution in [0, 0.1) is 11.6 Å². The Hall–Kier alpha value is -2.01. The van der Waals surface area contributed by atoms with E-state index >= 15 is 0 Å². The van der Waals surface area contributed by atoms with Crippen LogP contribution in [-0.4, -0.2) is 11.3 Å². The molecule has 20 heavy (non-hydrogen) atoms. The van der Waals surface area contributed by atoms with Crippen molar-refractivity contribution in [3.8, 4) is 10.6 Å². The zero-order valence-electron chi connectivity index (χ0n) is 10.7. The van der Waals surface area contributed by atoms with E-state index in [9.17, 15) is 13.6 Å². The van der Waals surface area contributed by atoms with Crippen molar-refractivity contribution in [1.82, 2.24) is 4.98 Å². The van der Waals surface area contributed by atoms with Crippen molar-refractivity contribution < 1.29 is 13.6 Å². The summed E-state index contributed by atoms with van der Waals surface area (Å²) in [6.07, 6.45) is 1.53. The predicted octanol–water partition coefficient (Wildman–Crippen LogP) is 4.55. The molecule has 0 fully saturated rings. The first-order valence-electron chi connectivity index (χ1n) is 6.19. The van der Waals surface area contributed by atoms with Crippen molar-refractivity contribution in [2.45, 2.75) is 13.3 Å². The number of benzene rings is 1. The van der Waals surface area contributed by atoms with E-state index < -0.39 is 11.6 Å². The Bertz CT molecular complexity index is 804. The largest absolute Gasteiger partial charge is 0.351 e. The zero-order chi connectivity index (χ0) is 14.3. The van der Waals surface area contributed by atoms with E-state index in [2.05, 4.69) is 4.98 Å². The summed E-state index contributed by atoms with van der Waals surface area (Å²) >= 11 is 1.53. The Morgan fingerprint density at radius 1 is 1.30 bits per heavy atom. The first-order valence-corrected chi connectivity index (χ1v) is 7.00. The zero-order valence-corrected chi connectivity index (χ0v) is 11.5. The second-order valence-corrected chi connectivity index (χ2v) is 5.63. The predicted molar refractivity (Wildman–Crippen MR) is 76.3 cm³/mol. The van der Waals surface area contributed by atoms with Gasteiger partial charge in [-0.25, -0.2) is 8.78 Å². The number of hydrogen-bond acceptors (Lipinski definition) is 2. The molecule has 3 rings (SSSR count). The highest BCUT2D eigenvalue weighted by molar-refractivity contribution is 7.15. The molecule has 0 spiro atoms. The number of aldehydes is 1. The van der Waals surface area contributed by atoms with E-state index in [0.29, 0.717) is 17.5 Å². The van der Waals surface area contributed by atoms with E-state index in [4.69, 9.17) is 0 Å². The molecule has 2 aromatic heterocycles. The van der Waals surface area contributed by atoms with Crippen molar-refractivity contribution in [1.29, 1.82) is 0 Å². The molecular weight excluding hydrogens is 280 g/mol. The smallest absolute Gasteiger partial charge is 0.152 e. The van der Waals surface area contributed by atoms with E-state index in [1.807, 2.05) is 19.1 Å². The van der Waals surface area contributed by atoms with Crippen LogP contribution < -0.4 is 0 Å². The normalized spacial score (nSPS) is 11.2. The van der Waals surface area contributed by atoms with E-state index in [-0.39, 0.29) is 10.9 Å². The van der Waals surface area contributed by atoms with Crippen molar-refractivity contribution in [3.05, 3.63) is 46.3 Å². The lowest BCUT2D eigenvalue weighted by atomic mass is 10.1. The molecule has 0 atom stereocenters. The molecule has 1 N–H and O–H groups in total. The maximum atomic E-state index is 13.8. The highest BCUT2D eigenvalue weighted by atomic mass is 32.1. The molecule has 0 aliphatic rings. The SMILES string of the molecule is CCc1ccc(-c2[nH]c3c(F)cc(F)cc3c2C=O)s1. The first kappa shape index (κ1) is 13.0. The average molecular weight is 291 g/mol. The van der Waals surface area contributed by atoms with E-state index in [1.165, 1.54) is 22.3 Å². The first-order chi connectivity index (χ1) is 9.63. The Morgan fingerprint density at radius 3 is 2.75 bits per heavy atom. The van der Waals surface area contributed by atoms with Crippen LogP contribution in [0.15, 0.2) is 24.3 Å². The number of rotatable bonds is 3. The van der Waals surface area contributed by atoms with Gasteiger partial charge in [-0.1, -0.05) is 6.92 Å². The summed E-state index contributed by atoms with van der Waals surface area (Å²) in [5.74, 6) is -1.38. The van der Waals surface area contributed by atoms with Gasteiger partial charge in [-0.05, 0) is 24.6 Å². The maximum Gasteiger partial charge on any atom is 0.152 e. The minimum atomic E-state index is -0.693. The number of H-pyrrole nitrogens is 1. The second-order valence-electron chi connectivity index (χ2n) is 4.46. The van der Waals surface area contributed by atoms with Crippen molar-refractivity contribution >= 4 is 28.5 Å². The Balaban J connectivity index is 2.30. The summed E-state index contributed by atoms with van der Waals surface area (Å²) in [6.45, 7) is 2.04. The monoisotopic (exact) mass is 291 g/mol. The highest BCUT2D eigenvalue weighted by Crippen LogP contribution is 2.35. The summed E-state index contributed by atoms with van der Waals surface area (Å²) in [7, 11) is 0. The van der Waals surface area contributed by atoms with Gasteiger partial charge in [-0.3, -0.25) is 4.79 Å². The minimum absolute atomic E-state index is 0.162. The van der Waals surface area contributed by atoms with Crippen LogP contribution in [0.3, 0.4) is 0 Å². The van der Waals surface area contributed by atoms with Gasteiger partial charge < -0.3 is 4.98 Å². The van der Waals surface area contributed by atoms with Crippen LogP contribution in [0.1, 0.15) is 22.2 Å². The minimum Gasteiger partial charge on any atom is -0.351 e. The van der Waals surface area contributed by atoms with E-state index in [0.717, 1.165) is 17.4 Å². The number of aryl methyl sites for hydroxylation is 1. The molecule has 0 saturated carbocycles. The summed E-state index contributed by atoms with van der Waals surface area (Å²) in [5.41, 5.74) is 1.00. The number of aromatic nitrogens is 1. The fourth-order valence-electron chi connectivity index (χ4n) is 2.26. The van der Waals surface area contributed by atoms with Gasteiger partial charge in [0.15, 0.2) is 6.29 Å². The van der Waals surface area contributed by atoms with Gasteiger partial charge in [0, 0.05) is 21.9 Å². The highest BCUT2D eigenvalue weighted by Gasteiger charge is 2.17. The van der Waals surface area contributed by atoms with Crippen LogP contribution in [-0.2, 0) is 6.42 Å². The van der Waals surface area contributed by atoms with Crippen LogP contribution in [0.5, 0.6) is 0 Å². The Labute approximate surface area is 118 Å². The maximum absolute atomic E-state index is 13.8. The number of halogens is 2. The van der Waals surface area contributed by atoms with Crippen LogP contribution in [0.25, 0.3) is 21.5 Å². The van der Waals surface area contributed by atoms with E-state index in [1.54, 1.807) is 0 Å². The van der Waals surface area contributed by atoms with Crippen LogP contribution in [0.2, 0.25) is 0 Å². The van der Waals surface area contributed by atoms with Gasteiger partial charge in [-0.2, -0.15) is 0 Å². The second kappa shape index (κ2) is 4.83. The number of aromatic amines is 1. The summed E-state index contributed by atoms with van der Waals surface area (Å²) in [4.78, 5) is 16.2. The van der Waals surface area contributed by atoms with Gasteiger partial charge in [-0.15, -0.1) is 11.3 Å². The number of thiophene rings is 1. The topological polar surface area (TPSA) is 32.9 Å². The third-order valence-electron chi connectivity index (χ3n) is 3.24. The molecule has 3 aromatic rings. The number of hydrogen-bond donors (Lipinski definition) is 1. The quantitative estimate of drug-likeness (QED) is 0.705. The van der Waals surface area contributed by atoms with Gasteiger partial charge in [0.25, 0.3) is 0 Å². The number of fused-ring (bicyclic) bond motifs is 1. The van der Waals surface area contributed by atoms with Crippen LogP contribution in [0.4, 0.5) is 8.78 Å². The molecule has 0 aliphatic carbocycles. The Kier molecular flexibility index (Phi) is 3.14. The molecule has 0 amide bonds. The summed E-state index contributed by atoms with van der Waals surface area (Å²) in [6, 6.07) is 5.84. The molecule has 2 nitrogen and oxygen atoms in total. The summed E-state index contributed by atoms with van der Waals surface area (Å²) < 4.78 is 27.1. The lowest BCUT2D eigenvalue weighted by Crippen LogP contribution is -1.83. The third-order valence-corrected chi connectivity index (χ3v) is 4.49. The molecule has 102 valence electrons. The fraction of sp³-hybridized carbons (Fsp3) is 0.133. The molecule has 0 saturated heterocycles. The van der Waals surface area contributed by atoms with Gasteiger partial charge in [0.05, 0.1) is 16.1 Å². The lowest BCUT2D eigenvalue weighted by Gasteiger charge is -1.94. The third kappa shape index (κ3) is 1.94. The van der Waals surface area contributed by atoms with Gasteiger partial charge in [0.1, 0.15) is 11.6 Å². The molecule has 0 bridgehead atoms. The Morgan fingerprint density at radius 2 is 2.10 bits per heavy atom. The standard InChI is InChI=1S/C15H11F2NOS/c1-2-9-3-4-13(20-9)15-11(7-19)10-5-8(16)6-12(17)14(10)18-15/h3-7,18H,2H2,1H3. The number of carbonyl (C=O) groups is 1. The van der Waals surface area contributed by atoms with Crippen molar-refractivity contribution in [2.75, 3.05) is 0 Å². The van der Waals surface area contributed by atoms with Gasteiger partial charge >= 0.3 is 0 Å². The number of nitrogens with one attached hydrogen (secondary N) is 1. The average Bonchev–Trinajstić information content (AvgIpc) is 3.01. The fourth-order valence-corrected chi connectivity index (χ4v) is 3.22. The van der Waals surface area contributed by atoms with Crippen molar-refractivity contribution in [3.63, 3.8) is 0 Å². The van der Waals surface area contributed by atoms with Crippen LogP contribution >= 0.6 is 11.3 Å². The summed E-state index contributed by atoms with van der Waals surface area (Å²) in [5, 5.41) is 0.277. The molecule has 2 heterocycles. The molecule has 0 aliphatic heterocycles. The molecule has 0 unspecified atom stereocenters. The number of carbonyl (C=O) groups excluding carboxylic acids is 1. The molecule has 1 aromatic carbocycles. The van der Waals surface area contributed by atoms with Crippen molar-refractivity contribution in [2.24, 2.45) is 0 Å². The molecular formula is C15H11F2NOS.